The van der Waals surface area contributed by atoms with Crippen LogP contribution in [0, 0.1) is 6.92 Å². The van der Waals surface area contributed by atoms with Gasteiger partial charge in [0, 0.05) is 10.7 Å². The first-order chi connectivity index (χ1) is 11.0. The Kier molecular flexibility index (Phi) is 4.21. The zero-order valence-electron chi connectivity index (χ0n) is 12.5. The Morgan fingerprint density at radius 1 is 1.30 bits per heavy atom. The number of hydrogen-bond acceptors (Lipinski definition) is 4. The van der Waals surface area contributed by atoms with Crippen LogP contribution in [0.2, 0.25) is 5.02 Å². The monoisotopic (exact) mass is 330 g/mol. The van der Waals surface area contributed by atoms with E-state index in [0.717, 1.165) is 11.3 Å². The summed E-state index contributed by atoms with van der Waals surface area (Å²) in [4.78, 5) is 25.6. The molecule has 2 aromatic rings. The highest BCUT2D eigenvalue weighted by atomic mass is 35.5. The average molecular weight is 331 g/mol. The Balaban J connectivity index is 1.76. The number of anilines is 2. The molecule has 1 aliphatic heterocycles. The number of esters is 1. The number of amides is 1. The molecular formula is C17H15ClN2O3. The van der Waals surface area contributed by atoms with Gasteiger partial charge in [0.1, 0.15) is 6.54 Å². The molecule has 0 saturated heterocycles. The Morgan fingerprint density at radius 2 is 2.13 bits per heavy atom. The van der Waals surface area contributed by atoms with Gasteiger partial charge < -0.3 is 15.0 Å². The van der Waals surface area contributed by atoms with Crippen molar-refractivity contribution < 1.29 is 14.3 Å². The summed E-state index contributed by atoms with van der Waals surface area (Å²) in [6.45, 7) is 2.04. The SMILES string of the molecule is Cc1ccc2c(c1)N(CC(=O)Nc1cccc(Cl)c1)CC(=O)O2. The molecule has 1 amide bonds. The molecule has 0 saturated carbocycles. The number of carbonyl (C=O) groups is 2. The summed E-state index contributed by atoms with van der Waals surface area (Å²) in [5, 5.41) is 3.32. The molecule has 118 valence electrons. The van der Waals surface area contributed by atoms with Gasteiger partial charge >= 0.3 is 5.97 Å². The van der Waals surface area contributed by atoms with Crippen molar-refractivity contribution >= 4 is 34.9 Å². The van der Waals surface area contributed by atoms with E-state index in [-0.39, 0.29) is 25.0 Å². The molecule has 3 rings (SSSR count). The van der Waals surface area contributed by atoms with Crippen molar-refractivity contribution in [1.29, 1.82) is 0 Å². The maximum atomic E-state index is 12.2. The van der Waals surface area contributed by atoms with Gasteiger partial charge in [-0.25, -0.2) is 4.79 Å². The van der Waals surface area contributed by atoms with Crippen LogP contribution in [0.1, 0.15) is 5.56 Å². The summed E-state index contributed by atoms with van der Waals surface area (Å²) >= 11 is 5.90. The lowest BCUT2D eigenvalue weighted by atomic mass is 10.1. The molecule has 0 aliphatic carbocycles. The number of rotatable bonds is 3. The van der Waals surface area contributed by atoms with Gasteiger partial charge in [-0.05, 0) is 42.8 Å². The molecule has 23 heavy (non-hydrogen) atoms. The van der Waals surface area contributed by atoms with Gasteiger partial charge in [-0.2, -0.15) is 0 Å². The molecule has 1 N–H and O–H groups in total. The summed E-state index contributed by atoms with van der Waals surface area (Å²) in [5.74, 6) is -0.131. The molecule has 0 bridgehead atoms. The lowest BCUT2D eigenvalue weighted by molar-refractivity contribution is -0.133. The van der Waals surface area contributed by atoms with Gasteiger partial charge in [-0.15, -0.1) is 0 Å². The van der Waals surface area contributed by atoms with E-state index >= 15 is 0 Å². The van der Waals surface area contributed by atoms with Crippen LogP contribution in [0.15, 0.2) is 42.5 Å². The van der Waals surface area contributed by atoms with Crippen LogP contribution in [0.25, 0.3) is 0 Å². The quantitative estimate of drug-likeness (QED) is 0.694. The van der Waals surface area contributed by atoms with Crippen LogP contribution < -0.4 is 15.0 Å². The van der Waals surface area contributed by atoms with E-state index in [4.69, 9.17) is 16.3 Å². The number of nitrogens with one attached hydrogen (secondary N) is 1. The van der Waals surface area contributed by atoms with Crippen LogP contribution in [0.4, 0.5) is 11.4 Å². The largest absolute Gasteiger partial charge is 0.423 e. The van der Waals surface area contributed by atoms with Gasteiger partial charge in [0.25, 0.3) is 0 Å². The molecule has 0 unspecified atom stereocenters. The highest BCUT2D eigenvalue weighted by molar-refractivity contribution is 6.30. The second-order valence-corrected chi connectivity index (χ2v) is 5.80. The minimum absolute atomic E-state index is 0.0411. The molecule has 1 aliphatic rings. The number of ether oxygens (including phenoxy) is 1. The zero-order chi connectivity index (χ0) is 16.4. The van der Waals surface area contributed by atoms with Crippen LogP contribution in [0.5, 0.6) is 5.75 Å². The highest BCUT2D eigenvalue weighted by Gasteiger charge is 2.25. The first-order valence-electron chi connectivity index (χ1n) is 7.13. The third-order valence-corrected chi connectivity index (χ3v) is 3.68. The fourth-order valence-corrected chi connectivity index (χ4v) is 2.63. The third-order valence-electron chi connectivity index (χ3n) is 3.44. The van der Waals surface area contributed by atoms with Crippen LogP contribution >= 0.6 is 11.6 Å². The molecule has 1 heterocycles. The number of halogens is 1. The molecule has 0 atom stereocenters. The Morgan fingerprint density at radius 3 is 2.91 bits per heavy atom. The van der Waals surface area contributed by atoms with E-state index < -0.39 is 0 Å². The van der Waals surface area contributed by atoms with Crippen molar-refractivity contribution in [2.75, 3.05) is 23.3 Å². The minimum Gasteiger partial charge on any atom is -0.423 e. The summed E-state index contributed by atoms with van der Waals surface area (Å²) in [7, 11) is 0. The molecule has 0 aromatic heterocycles. The van der Waals surface area contributed by atoms with E-state index in [1.165, 1.54) is 0 Å². The van der Waals surface area contributed by atoms with Crippen LogP contribution in [-0.2, 0) is 9.59 Å². The average Bonchev–Trinajstić information content (AvgIpc) is 2.48. The lowest BCUT2D eigenvalue weighted by Gasteiger charge is -2.29. The van der Waals surface area contributed by atoms with E-state index in [1.54, 1.807) is 35.2 Å². The van der Waals surface area contributed by atoms with E-state index in [2.05, 4.69) is 5.32 Å². The van der Waals surface area contributed by atoms with Gasteiger partial charge in [-0.3, -0.25) is 4.79 Å². The molecule has 2 aromatic carbocycles. The summed E-state index contributed by atoms with van der Waals surface area (Å²) in [6, 6.07) is 12.4. The van der Waals surface area contributed by atoms with Gasteiger partial charge in [0.2, 0.25) is 5.91 Å². The first kappa shape index (κ1) is 15.4. The topological polar surface area (TPSA) is 58.6 Å². The number of hydrogen-bond donors (Lipinski definition) is 1. The number of fused-ring (bicyclic) bond motifs is 1. The third kappa shape index (κ3) is 3.63. The van der Waals surface area contributed by atoms with E-state index in [0.29, 0.717) is 16.5 Å². The zero-order valence-corrected chi connectivity index (χ0v) is 13.3. The predicted molar refractivity (Wildman–Crippen MR) is 89.1 cm³/mol. The standard InChI is InChI=1S/C17H15ClN2O3/c1-11-5-6-15-14(7-11)20(10-17(22)23-15)9-16(21)19-13-4-2-3-12(18)8-13/h2-8H,9-10H2,1H3,(H,19,21). The van der Waals surface area contributed by atoms with Gasteiger partial charge in [0.15, 0.2) is 5.75 Å². The maximum absolute atomic E-state index is 12.2. The lowest BCUT2D eigenvalue weighted by Crippen LogP contribution is -2.41. The Hall–Kier alpha value is -2.53. The van der Waals surface area contributed by atoms with Crippen LogP contribution in [-0.4, -0.2) is 25.0 Å². The summed E-state index contributed by atoms with van der Waals surface area (Å²) in [5.41, 5.74) is 2.39. The van der Waals surface area contributed by atoms with Crippen LogP contribution in [0.3, 0.4) is 0 Å². The highest BCUT2D eigenvalue weighted by Crippen LogP contribution is 2.32. The van der Waals surface area contributed by atoms with E-state index in [1.807, 2.05) is 19.1 Å². The molecule has 5 nitrogen and oxygen atoms in total. The van der Waals surface area contributed by atoms with Crippen molar-refractivity contribution in [3.8, 4) is 5.75 Å². The van der Waals surface area contributed by atoms with Crippen molar-refractivity contribution in [3.63, 3.8) is 0 Å². The number of aryl methyl sites for hydroxylation is 1. The molecule has 0 spiro atoms. The van der Waals surface area contributed by atoms with Crippen molar-refractivity contribution in [1.82, 2.24) is 0 Å². The fourth-order valence-electron chi connectivity index (χ4n) is 2.44. The number of benzene rings is 2. The molecular weight excluding hydrogens is 316 g/mol. The Labute approximate surface area is 138 Å². The maximum Gasteiger partial charge on any atom is 0.331 e. The summed E-state index contributed by atoms with van der Waals surface area (Å²) in [6.07, 6.45) is 0. The first-order valence-corrected chi connectivity index (χ1v) is 7.51. The normalized spacial score (nSPS) is 13.3. The summed E-state index contributed by atoms with van der Waals surface area (Å²) < 4.78 is 5.20. The molecule has 6 heteroatoms. The number of carbonyl (C=O) groups excluding carboxylic acids is 2. The van der Waals surface area contributed by atoms with Crippen molar-refractivity contribution in [2.24, 2.45) is 0 Å². The fraction of sp³-hybridized carbons (Fsp3) is 0.176. The second-order valence-electron chi connectivity index (χ2n) is 5.36. The van der Waals surface area contributed by atoms with Gasteiger partial charge in [0.05, 0.1) is 12.2 Å². The van der Waals surface area contributed by atoms with Gasteiger partial charge in [-0.1, -0.05) is 23.7 Å². The molecule has 0 radical (unpaired) electrons. The Bertz CT molecular complexity index is 776. The van der Waals surface area contributed by atoms with Crippen molar-refractivity contribution in [2.45, 2.75) is 6.92 Å². The number of nitrogens with zero attached hydrogens (tertiary/aromatic N) is 1. The van der Waals surface area contributed by atoms with Crippen molar-refractivity contribution in [3.05, 3.63) is 53.1 Å². The predicted octanol–water partition coefficient (Wildman–Crippen LogP) is 3.01. The second kappa shape index (κ2) is 6.30. The minimum atomic E-state index is -0.378. The molecule has 0 fully saturated rings. The smallest absolute Gasteiger partial charge is 0.331 e. The van der Waals surface area contributed by atoms with E-state index in [9.17, 15) is 9.59 Å².